The van der Waals surface area contributed by atoms with Gasteiger partial charge in [-0.25, -0.2) is 4.98 Å². The Morgan fingerprint density at radius 2 is 1.00 bits per heavy atom. The van der Waals surface area contributed by atoms with Gasteiger partial charge < -0.3 is 9.30 Å². The molecule has 4 heterocycles. The van der Waals surface area contributed by atoms with Crippen LogP contribution in [0.3, 0.4) is 0 Å². The molecular weight excluding hydrogens is 554 g/mol. The number of rotatable bonds is 3. The van der Waals surface area contributed by atoms with Gasteiger partial charge in [0.15, 0.2) is 23.1 Å². The van der Waals surface area contributed by atoms with Crippen molar-refractivity contribution in [2.24, 2.45) is 0 Å². The van der Waals surface area contributed by atoms with Crippen molar-refractivity contribution in [3.8, 4) is 45.9 Å². The van der Waals surface area contributed by atoms with E-state index in [9.17, 15) is 0 Å². The summed E-state index contributed by atoms with van der Waals surface area (Å²) in [5, 5.41) is 4.60. The quantitative estimate of drug-likeness (QED) is 0.210. The summed E-state index contributed by atoms with van der Waals surface area (Å²) >= 11 is 0. The predicted molar refractivity (Wildman–Crippen MR) is 179 cm³/mol. The van der Waals surface area contributed by atoms with Gasteiger partial charge in [0.2, 0.25) is 5.95 Å². The van der Waals surface area contributed by atoms with E-state index in [1.54, 1.807) is 0 Å². The Hall–Kier alpha value is -6.27. The van der Waals surface area contributed by atoms with Gasteiger partial charge in [0, 0.05) is 38.7 Å². The second-order valence-electron chi connectivity index (χ2n) is 11.3. The first-order valence-corrected chi connectivity index (χ1v) is 15.0. The summed E-state index contributed by atoms with van der Waals surface area (Å²) in [5.74, 6) is 3.43. The first-order chi connectivity index (χ1) is 22.3. The highest BCUT2D eigenvalue weighted by Crippen LogP contribution is 2.50. The summed E-state index contributed by atoms with van der Waals surface area (Å²) in [6, 6.07) is 47.7. The van der Waals surface area contributed by atoms with Gasteiger partial charge in [0.05, 0.1) is 27.8 Å². The highest BCUT2D eigenvalue weighted by molar-refractivity contribution is 6.30. The lowest BCUT2D eigenvalue weighted by atomic mass is 10.0. The molecule has 3 aromatic heterocycles. The Bertz CT molecular complexity index is 2560. The number of para-hydroxylation sites is 4. The lowest BCUT2D eigenvalue weighted by Gasteiger charge is -2.21. The molecule has 6 nitrogen and oxygen atoms in total. The van der Waals surface area contributed by atoms with Crippen molar-refractivity contribution in [2.45, 2.75) is 0 Å². The molecule has 1 aliphatic heterocycles. The SMILES string of the molecule is c1ccc(-c2nc(-c3ccccc3)nc(-n3c4ccccc4c4c5c6ccccc6n6c5c(cc43)Oc3ccccc3-6)n2)cc1. The fourth-order valence-corrected chi connectivity index (χ4v) is 6.87. The molecule has 0 atom stereocenters. The van der Waals surface area contributed by atoms with E-state index in [-0.39, 0.29) is 0 Å². The van der Waals surface area contributed by atoms with Crippen LogP contribution in [0.1, 0.15) is 0 Å². The van der Waals surface area contributed by atoms with Crippen LogP contribution >= 0.6 is 0 Å². The van der Waals surface area contributed by atoms with Crippen LogP contribution < -0.4 is 4.74 Å². The van der Waals surface area contributed by atoms with Crippen LogP contribution in [-0.4, -0.2) is 24.1 Å². The number of benzene rings is 6. The maximum absolute atomic E-state index is 6.67. The van der Waals surface area contributed by atoms with Crippen LogP contribution in [0.15, 0.2) is 140 Å². The minimum Gasteiger partial charge on any atom is -0.453 e. The third-order valence-corrected chi connectivity index (χ3v) is 8.75. The summed E-state index contributed by atoms with van der Waals surface area (Å²) in [6.45, 7) is 0. The topological polar surface area (TPSA) is 57.8 Å². The zero-order chi connectivity index (χ0) is 29.5. The fourth-order valence-electron chi connectivity index (χ4n) is 6.87. The van der Waals surface area contributed by atoms with Crippen molar-refractivity contribution < 1.29 is 4.74 Å². The van der Waals surface area contributed by atoms with Gasteiger partial charge in [0.25, 0.3) is 0 Å². The van der Waals surface area contributed by atoms with E-state index in [1.165, 1.54) is 5.39 Å². The molecule has 0 N–H and O–H groups in total. The third-order valence-electron chi connectivity index (χ3n) is 8.75. The van der Waals surface area contributed by atoms with Gasteiger partial charge in [-0.15, -0.1) is 0 Å². The van der Waals surface area contributed by atoms with Crippen molar-refractivity contribution in [2.75, 3.05) is 0 Å². The summed E-state index contributed by atoms with van der Waals surface area (Å²) in [4.78, 5) is 15.2. The molecule has 0 saturated heterocycles. The van der Waals surface area contributed by atoms with Crippen LogP contribution in [0, 0.1) is 0 Å². The van der Waals surface area contributed by atoms with Gasteiger partial charge >= 0.3 is 0 Å². The van der Waals surface area contributed by atoms with Gasteiger partial charge in [-0.05, 0) is 24.3 Å². The molecule has 45 heavy (non-hydrogen) atoms. The van der Waals surface area contributed by atoms with E-state index in [4.69, 9.17) is 19.7 Å². The monoisotopic (exact) mass is 577 g/mol. The Balaban J connectivity index is 1.37. The molecule has 0 bridgehead atoms. The molecular formula is C39H23N5O. The van der Waals surface area contributed by atoms with Crippen LogP contribution in [0.4, 0.5) is 0 Å². The standard InChI is InChI=1S/C39H23N5O/c1-3-13-24(14-4-1)37-40-38(25-15-5-2-6-16-25)42-39(41-37)44-29-20-10-7-17-26(29)34-31(44)23-33-36-35(34)27-18-8-9-19-28(27)43(36)30-21-11-12-22-32(30)45-33/h1-23H. The average molecular weight is 578 g/mol. The zero-order valence-corrected chi connectivity index (χ0v) is 23.9. The van der Waals surface area contributed by atoms with Gasteiger partial charge in [0.1, 0.15) is 0 Å². The number of aromatic nitrogens is 5. The molecule has 0 saturated carbocycles. The number of hydrogen-bond acceptors (Lipinski definition) is 4. The van der Waals surface area contributed by atoms with Crippen molar-refractivity contribution in [1.29, 1.82) is 0 Å². The Labute approximate surface area is 257 Å². The van der Waals surface area contributed by atoms with E-state index in [0.717, 1.165) is 66.5 Å². The zero-order valence-electron chi connectivity index (χ0n) is 23.9. The number of hydrogen-bond donors (Lipinski definition) is 0. The molecule has 10 rings (SSSR count). The molecule has 0 unspecified atom stereocenters. The molecule has 6 aromatic carbocycles. The van der Waals surface area contributed by atoms with Gasteiger partial charge in [-0.1, -0.05) is 109 Å². The van der Waals surface area contributed by atoms with Crippen molar-refractivity contribution >= 4 is 43.6 Å². The summed E-state index contributed by atoms with van der Waals surface area (Å²) < 4.78 is 11.2. The Morgan fingerprint density at radius 3 is 1.69 bits per heavy atom. The first kappa shape index (κ1) is 24.2. The third kappa shape index (κ3) is 3.42. The minimum atomic E-state index is 0.556. The van der Waals surface area contributed by atoms with Crippen molar-refractivity contribution in [1.82, 2.24) is 24.1 Å². The maximum Gasteiger partial charge on any atom is 0.238 e. The predicted octanol–water partition coefficient (Wildman–Crippen LogP) is 9.51. The second-order valence-corrected chi connectivity index (χ2v) is 11.3. The van der Waals surface area contributed by atoms with Gasteiger partial charge in [-0.3, -0.25) is 4.57 Å². The summed E-state index contributed by atoms with van der Waals surface area (Å²) in [7, 11) is 0. The lowest BCUT2D eigenvalue weighted by Crippen LogP contribution is -2.07. The smallest absolute Gasteiger partial charge is 0.238 e. The fraction of sp³-hybridized carbons (Fsp3) is 0. The lowest BCUT2D eigenvalue weighted by molar-refractivity contribution is 0.477. The van der Waals surface area contributed by atoms with Crippen molar-refractivity contribution in [3.63, 3.8) is 0 Å². The van der Waals surface area contributed by atoms with Crippen LogP contribution in [-0.2, 0) is 0 Å². The molecule has 9 aromatic rings. The molecule has 0 amide bonds. The molecule has 0 radical (unpaired) electrons. The summed E-state index contributed by atoms with van der Waals surface area (Å²) in [6.07, 6.45) is 0. The molecule has 1 aliphatic rings. The van der Waals surface area contributed by atoms with E-state index in [0.29, 0.717) is 17.6 Å². The second kappa shape index (κ2) is 9.11. The number of fused-ring (bicyclic) bond motifs is 9. The van der Waals surface area contributed by atoms with Crippen LogP contribution in [0.2, 0.25) is 0 Å². The summed E-state index contributed by atoms with van der Waals surface area (Å²) in [5.41, 5.74) is 7.10. The minimum absolute atomic E-state index is 0.556. The van der Waals surface area contributed by atoms with Gasteiger partial charge in [-0.2, -0.15) is 9.97 Å². The van der Waals surface area contributed by atoms with Crippen molar-refractivity contribution in [3.05, 3.63) is 140 Å². The number of ether oxygens (including phenoxy) is 1. The molecule has 6 heteroatoms. The Kier molecular flexibility index (Phi) is 4.90. The molecule has 0 aliphatic carbocycles. The largest absolute Gasteiger partial charge is 0.453 e. The number of nitrogens with zero attached hydrogens (tertiary/aromatic N) is 5. The van der Waals surface area contributed by atoms with E-state index in [1.807, 2.05) is 72.8 Å². The Morgan fingerprint density at radius 1 is 0.444 bits per heavy atom. The highest BCUT2D eigenvalue weighted by atomic mass is 16.5. The van der Waals surface area contributed by atoms with Crippen LogP contribution in [0.25, 0.3) is 78.0 Å². The normalized spacial score (nSPS) is 12.2. The van der Waals surface area contributed by atoms with E-state index >= 15 is 0 Å². The van der Waals surface area contributed by atoms with E-state index < -0.39 is 0 Å². The molecule has 0 spiro atoms. The highest BCUT2D eigenvalue weighted by Gasteiger charge is 2.28. The maximum atomic E-state index is 6.67. The average Bonchev–Trinajstić information content (AvgIpc) is 3.63. The first-order valence-electron chi connectivity index (χ1n) is 15.0. The van der Waals surface area contributed by atoms with Crippen LogP contribution in [0.5, 0.6) is 11.5 Å². The van der Waals surface area contributed by atoms with E-state index in [2.05, 4.69) is 75.9 Å². The molecule has 0 fully saturated rings. The molecule has 210 valence electrons.